The summed E-state index contributed by atoms with van der Waals surface area (Å²) in [6, 6.07) is 7.36. The van der Waals surface area contributed by atoms with Crippen LogP contribution in [0.5, 0.6) is 0 Å². The van der Waals surface area contributed by atoms with Gasteiger partial charge in [0.15, 0.2) is 0 Å². The number of halogens is 1. The van der Waals surface area contributed by atoms with E-state index in [-0.39, 0.29) is 36.5 Å². The third-order valence-corrected chi connectivity index (χ3v) is 4.61. The molecule has 2 atom stereocenters. The lowest BCUT2D eigenvalue weighted by Crippen LogP contribution is -2.46. The maximum Gasteiger partial charge on any atom is 0.275 e. The zero-order valence-electron chi connectivity index (χ0n) is 13.5. The van der Waals surface area contributed by atoms with Gasteiger partial charge in [-0.2, -0.15) is 5.10 Å². The van der Waals surface area contributed by atoms with Crippen LogP contribution in [0.25, 0.3) is 10.8 Å². The number of nitrogens with one attached hydrogen (secondary N) is 1. The van der Waals surface area contributed by atoms with Gasteiger partial charge in [0.05, 0.1) is 11.6 Å². The van der Waals surface area contributed by atoms with E-state index in [9.17, 15) is 9.59 Å². The summed E-state index contributed by atoms with van der Waals surface area (Å²) in [5.74, 6) is 0.147. The van der Waals surface area contributed by atoms with E-state index in [0.29, 0.717) is 17.8 Å². The number of fused-ring (bicyclic) bond motifs is 1. The van der Waals surface area contributed by atoms with Crippen molar-refractivity contribution in [2.75, 3.05) is 6.54 Å². The second-order valence-electron chi connectivity index (χ2n) is 6.15. The van der Waals surface area contributed by atoms with Crippen molar-refractivity contribution in [3.05, 3.63) is 40.8 Å². The van der Waals surface area contributed by atoms with Crippen molar-refractivity contribution in [2.45, 2.75) is 38.3 Å². The number of carbonyl (C=O) groups is 1. The molecule has 1 aromatic heterocycles. The molecule has 24 heavy (non-hydrogen) atoms. The van der Waals surface area contributed by atoms with Crippen LogP contribution in [0.3, 0.4) is 0 Å². The van der Waals surface area contributed by atoms with E-state index < -0.39 is 0 Å². The quantitative estimate of drug-likeness (QED) is 0.873. The summed E-state index contributed by atoms with van der Waals surface area (Å²) >= 11 is 0. The number of hydrogen-bond donors (Lipinski definition) is 2. The highest BCUT2D eigenvalue weighted by Gasteiger charge is 2.25. The Hall–Kier alpha value is -1.92. The van der Waals surface area contributed by atoms with Crippen molar-refractivity contribution in [1.82, 2.24) is 15.1 Å². The number of nitrogens with two attached hydrogens (primary N) is 1. The lowest BCUT2D eigenvalue weighted by molar-refractivity contribution is -0.123. The SMILES string of the molecule is Cl.NCC1CCCCC1NC(=O)Cn1ncc2ccccc2c1=O. The monoisotopic (exact) mass is 350 g/mol. The van der Waals surface area contributed by atoms with Crippen LogP contribution in [0.15, 0.2) is 35.3 Å². The summed E-state index contributed by atoms with van der Waals surface area (Å²) in [4.78, 5) is 24.7. The second kappa shape index (κ2) is 8.26. The molecule has 7 heteroatoms. The van der Waals surface area contributed by atoms with Gasteiger partial charge < -0.3 is 11.1 Å². The van der Waals surface area contributed by atoms with Crippen LogP contribution in [0, 0.1) is 5.92 Å². The third-order valence-electron chi connectivity index (χ3n) is 4.61. The van der Waals surface area contributed by atoms with Gasteiger partial charge in [-0.3, -0.25) is 9.59 Å². The topological polar surface area (TPSA) is 90.0 Å². The Balaban J connectivity index is 0.00000208. The molecular weight excluding hydrogens is 328 g/mol. The molecule has 0 aliphatic heterocycles. The van der Waals surface area contributed by atoms with Crippen LogP contribution < -0.4 is 16.6 Å². The number of nitrogens with zero attached hydrogens (tertiary/aromatic N) is 2. The minimum Gasteiger partial charge on any atom is -0.351 e. The van der Waals surface area contributed by atoms with Crippen LogP contribution in [0.2, 0.25) is 0 Å². The number of amides is 1. The molecule has 3 N–H and O–H groups in total. The van der Waals surface area contributed by atoms with Gasteiger partial charge in [-0.05, 0) is 31.4 Å². The molecule has 130 valence electrons. The van der Waals surface area contributed by atoms with Gasteiger partial charge in [-0.25, -0.2) is 4.68 Å². The largest absolute Gasteiger partial charge is 0.351 e. The van der Waals surface area contributed by atoms with Gasteiger partial charge in [0, 0.05) is 11.4 Å². The van der Waals surface area contributed by atoms with Crippen LogP contribution in [-0.4, -0.2) is 28.3 Å². The normalized spacial score (nSPS) is 20.4. The number of aromatic nitrogens is 2. The fourth-order valence-electron chi connectivity index (χ4n) is 3.31. The van der Waals surface area contributed by atoms with E-state index in [1.54, 1.807) is 12.3 Å². The summed E-state index contributed by atoms with van der Waals surface area (Å²) in [7, 11) is 0. The van der Waals surface area contributed by atoms with Gasteiger partial charge >= 0.3 is 0 Å². The first-order valence-corrected chi connectivity index (χ1v) is 8.13. The molecule has 1 heterocycles. The van der Waals surface area contributed by atoms with Crippen molar-refractivity contribution >= 4 is 29.1 Å². The molecule has 1 aromatic carbocycles. The van der Waals surface area contributed by atoms with Gasteiger partial charge in [0.25, 0.3) is 5.56 Å². The number of hydrogen-bond acceptors (Lipinski definition) is 4. The van der Waals surface area contributed by atoms with Crippen molar-refractivity contribution in [1.29, 1.82) is 0 Å². The van der Waals surface area contributed by atoms with E-state index in [4.69, 9.17) is 5.73 Å². The van der Waals surface area contributed by atoms with E-state index >= 15 is 0 Å². The Morgan fingerprint density at radius 1 is 1.29 bits per heavy atom. The Labute approximate surface area is 146 Å². The second-order valence-corrected chi connectivity index (χ2v) is 6.15. The molecule has 2 aromatic rings. The van der Waals surface area contributed by atoms with Crippen molar-refractivity contribution < 1.29 is 4.79 Å². The highest BCUT2D eigenvalue weighted by molar-refractivity contribution is 5.85. The average molecular weight is 351 g/mol. The predicted molar refractivity (Wildman–Crippen MR) is 96.2 cm³/mol. The molecule has 3 rings (SSSR count). The fraction of sp³-hybridized carbons (Fsp3) is 0.471. The first-order valence-electron chi connectivity index (χ1n) is 8.13. The van der Waals surface area contributed by atoms with E-state index in [2.05, 4.69) is 10.4 Å². The summed E-state index contributed by atoms with van der Waals surface area (Å²) < 4.78 is 1.22. The molecule has 0 radical (unpaired) electrons. The number of benzene rings is 1. The van der Waals surface area contributed by atoms with Crippen molar-refractivity contribution in [3.8, 4) is 0 Å². The maximum absolute atomic E-state index is 12.4. The van der Waals surface area contributed by atoms with Crippen LogP contribution in [0.1, 0.15) is 25.7 Å². The molecule has 0 saturated heterocycles. The first-order chi connectivity index (χ1) is 11.2. The number of carbonyl (C=O) groups excluding carboxylic acids is 1. The van der Waals surface area contributed by atoms with Gasteiger partial charge in [-0.15, -0.1) is 12.4 Å². The molecule has 1 aliphatic carbocycles. The van der Waals surface area contributed by atoms with Gasteiger partial charge in [0.1, 0.15) is 6.54 Å². The van der Waals surface area contributed by atoms with Crippen LogP contribution >= 0.6 is 12.4 Å². The predicted octanol–water partition coefficient (Wildman–Crippen LogP) is 1.45. The summed E-state index contributed by atoms with van der Waals surface area (Å²) in [6.45, 7) is 0.524. The van der Waals surface area contributed by atoms with E-state index in [1.165, 1.54) is 11.1 Å². The molecule has 1 fully saturated rings. The van der Waals surface area contributed by atoms with Crippen molar-refractivity contribution in [3.63, 3.8) is 0 Å². The summed E-state index contributed by atoms with van der Waals surface area (Å²) in [6.07, 6.45) is 5.89. The smallest absolute Gasteiger partial charge is 0.275 e. The fourth-order valence-corrected chi connectivity index (χ4v) is 3.31. The van der Waals surface area contributed by atoms with Crippen LogP contribution in [0.4, 0.5) is 0 Å². The Morgan fingerprint density at radius 2 is 2.04 bits per heavy atom. The Kier molecular flexibility index (Phi) is 6.34. The van der Waals surface area contributed by atoms with Gasteiger partial charge in [-0.1, -0.05) is 31.0 Å². The molecule has 6 nitrogen and oxygen atoms in total. The molecule has 0 bridgehead atoms. The summed E-state index contributed by atoms with van der Waals surface area (Å²) in [5.41, 5.74) is 5.55. The molecule has 1 aliphatic rings. The number of rotatable bonds is 4. The highest BCUT2D eigenvalue weighted by atomic mass is 35.5. The van der Waals surface area contributed by atoms with Crippen molar-refractivity contribution in [2.24, 2.45) is 11.7 Å². The zero-order valence-corrected chi connectivity index (χ0v) is 14.3. The molecule has 1 amide bonds. The summed E-state index contributed by atoms with van der Waals surface area (Å²) in [5, 5.41) is 8.48. The minimum atomic E-state index is -0.239. The third kappa shape index (κ3) is 3.94. The zero-order chi connectivity index (χ0) is 16.2. The lowest BCUT2D eigenvalue weighted by Gasteiger charge is -2.31. The van der Waals surface area contributed by atoms with E-state index in [0.717, 1.165) is 24.6 Å². The Bertz CT molecular complexity index is 762. The molecule has 0 spiro atoms. The molecular formula is C17H23ClN4O2. The molecule has 1 saturated carbocycles. The maximum atomic E-state index is 12.4. The standard InChI is InChI=1S/C17H22N4O2.ClH/c18-9-12-5-2-4-8-15(12)20-16(22)11-21-17(23)14-7-3-1-6-13(14)10-19-21;/h1,3,6-7,10,12,15H,2,4-5,8-9,11,18H2,(H,20,22);1H. The van der Waals surface area contributed by atoms with Crippen LogP contribution in [-0.2, 0) is 11.3 Å². The molecule has 2 unspecified atom stereocenters. The minimum absolute atomic E-state index is 0. The first kappa shape index (κ1) is 18.4. The Morgan fingerprint density at radius 3 is 2.83 bits per heavy atom. The average Bonchev–Trinajstić information content (AvgIpc) is 2.58. The van der Waals surface area contributed by atoms with Gasteiger partial charge in [0.2, 0.25) is 5.91 Å². The lowest BCUT2D eigenvalue weighted by atomic mass is 9.84. The highest BCUT2D eigenvalue weighted by Crippen LogP contribution is 2.23. The van der Waals surface area contributed by atoms with E-state index in [1.807, 2.05) is 18.2 Å².